The van der Waals surface area contributed by atoms with Crippen molar-refractivity contribution in [2.75, 3.05) is 14.1 Å². The lowest BCUT2D eigenvalue weighted by Gasteiger charge is -2.25. The topological polar surface area (TPSA) is 32.7 Å². The zero-order chi connectivity index (χ0) is 13.9. The zero-order valence-corrected chi connectivity index (χ0v) is 12.5. The van der Waals surface area contributed by atoms with Crippen molar-refractivity contribution in [3.63, 3.8) is 0 Å². The summed E-state index contributed by atoms with van der Waals surface area (Å²) in [5.41, 5.74) is 1.73. The van der Waals surface area contributed by atoms with E-state index in [1.54, 1.807) is 4.90 Å². The summed E-state index contributed by atoms with van der Waals surface area (Å²) in [7, 11) is 3.67. The maximum absolute atomic E-state index is 9.42. The molecule has 0 atom stereocenters. The second kappa shape index (κ2) is 5.67. The molecule has 0 spiro atoms. The molecule has 0 fully saturated rings. The normalized spacial score (nSPS) is 11.2. The van der Waals surface area contributed by atoms with Crippen LogP contribution in [0.25, 0.3) is 0 Å². The van der Waals surface area contributed by atoms with Crippen molar-refractivity contribution in [3.05, 3.63) is 29.3 Å². The summed E-state index contributed by atoms with van der Waals surface area (Å²) in [4.78, 5) is 1.73. The number of aliphatic hydroxyl groups excluding tert-OH is 1. The summed E-state index contributed by atoms with van der Waals surface area (Å²) in [5, 5.41) is 9.81. The number of aliphatic hydroxyl groups is 1. The summed E-state index contributed by atoms with van der Waals surface area (Å²) in [6, 6.07) is 5.79. The minimum absolute atomic E-state index is 0.0602. The van der Waals surface area contributed by atoms with E-state index in [2.05, 4.69) is 20.8 Å². The van der Waals surface area contributed by atoms with E-state index in [-0.39, 0.29) is 12.0 Å². The smallest absolute Gasteiger partial charge is 0.264 e. The third-order valence-electron chi connectivity index (χ3n) is 2.63. The Morgan fingerprint density at radius 2 is 1.94 bits per heavy atom. The average molecular weight is 267 g/mol. The van der Waals surface area contributed by atoms with Crippen LogP contribution in [0.2, 0.25) is 0 Å². The molecule has 0 saturated carbocycles. The Kier molecular flexibility index (Phi) is 4.71. The Balaban J connectivity index is 3.25. The highest BCUT2D eigenvalue weighted by Crippen LogP contribution is 2.34. The van der Waals surface area contributed by atoms with Crippen LogP contribution < -0.4 is 4.74 Å². The SMILES string of the molecule is CN(C)C(=S)Oc1c(CO)cccc1C(C)(C)C. The Labute approximate surface area is 114 Å². The fourth-order valence-corrected chi connectivity index (χ4v) is 1.68. The number of nitrogens with zero attached hydrogens (tertiary/aromatic N) is 1. The van der Waals surface area contributed by atoms with Gasteiger partial charge in [-0.15, -0.1) is 0 Å². The van der Waals surface area contributed by atoms with Crippen molar-refractivity contribution in [1.29, 1.82) is 0 Å². The molecule has 0 aliphatic carbocycles. The molecule has 1 aromatic rings. The third-order valence-corrected chi connectivity index (χ3v) is 3.08. The van der Waals surface area contributed by atoms with Crippen molar-refractivity contribution in [1.82, 2.24) is 4.90 Å². The van der Waals surface area contributed by atoms with Gasteiger partial charge in [-0.05, 0) is 17.6 Å². The molecule has 0 aliphatic rings. The first-order valence-corrected chi connectivity index (χ1v) is 6.30. The van der Waals surface area contributed by atoms with Gasteiger partial charge in [-0.25, -0.2) is 0 Å². The molecule has 0 bridgehead atoms. The predicted octanol–water partition coefficient (Wildman–Crippen LogP) is 2.70. The second-order valence-corrected chi connectivity index (χ2v) is 5.81. The highest BCUT2D eigenvalue weighted by atomic mass is 32.1. The molecule has 4 heteroatoms. The number of hydrogen-bond acceptors (Lipinski definition) is 3. The molecule has 1 rings (SSSR count). The third kappa shape index (κ3) is 3.43. The first-order valence-electron chi connectivity index (χ1n) is 5.89. The van der Waals surface area contributed by atoms with Crippen molar-refractivity contribution in [3.8, 4) is 5.75 Å². The highest BCUT2D eigenvalue weighted by molar-refractivity contribution is 7.80. The Morgan fingerprint density at radius 3 is 2.39 bits per heavy atom. The van der Waals surface area contributed by atoms with Crippen molar-refractivity contribution in [2.24, 2.45) is 0 Å². The van der Waals surface area contributed by atoms with Gasteiger partial charge in [0.1, 0.15) is 5.75 Å². The maximum Gasteiger partial charge on any atom is 0.264 e. The molecule has 3 nitrogen and oxygen atoms in total. The number of hydrogen-bond donors (Lipinski definition) is 1. The molecular weight excluding hydrogens is 246 g/mol. The molecule has 1 aromatic carbocycles. The minimum atomic E-state index is -0.0670. The lowest BCUT2D eigenvalue weighted by molar-refractivity contribution is 0.276. The van der Waals surface area contributed by atoms with Gasteiger partial charge in [0.25, 0.3) is 5.17 Å². The van der Waals surface area contributed by atoms with Crippen LogP contribution in [0.4, 0.5) is 0 Å². The minimum Gasteiger partial charge on any atom is -0.431 e. The Morgan fingerprint density at radius 1 is 1.33 bits per heavy atom. The first kappa shape index (κ1) is 14.9. The van der Waals surface area contributed by atoms with Crippen LogP contribution in [0, 0.1) is 0 Å². The summed E-state index contributed by atoms with van der Waals surface area (Å²) in [6.07, 6.45) is 0. The van der Waals surface area contributed by atoms with E-state index in [0.29, 0.717) is 10.9 Å². The molecule has 100 valence electrons. The van der Waals surface area contributed by atoms with Crippen LogP contribution in [-0.2, 0) is 12.0 Å². The summed E-state index contributed by atoms with van der Waals surface area (Å²) < 4.78 is 5.75. The van der Waals surface area contributed by atoms with Crippen LogP contribution in [0.3, 0.4) is 0 Å². The average Bonchev–Trinajstić information content (AvgIpc) is 2.27. The van der Waals surface area contributed by atoms with Crippen LogP contribution in [0.5, 0.6) is 5.75 Å². The summed E-state index contributed by atoms with van der Waals surface area (Å²) in [6.45, 7) is 6.26. The molecule has 0 saturated heterocycles. The fraction of sp³-hybridized carbons (Fsp3) is 0.500. The predicted molar refractivity (Wildman–Crippen MR) is 78.0 cm³/mol. The van der Waals surface area contributed by atoms with Crippen LogP contribution >= 0.6 is 12.2 Å². The molecule has 18 heavy (non-hydrogen) atoms. The van der Waals surface area contributed by atoms with E-state index in [1.165, 1.54) is 0 Å². The Hall–Kier alpha value is -1.13. The van der Waals surface area contributed by atoms with Gasteiger partial charge in [-0.3, -0.25) is 0 Å². The second-order valence-electron chi connectivity index (χ2n) is 5.46. The van der Waals surface area contributed by atoms with Gasteiger partial charge in [0, 0.05) is 25.2 Å². The van der Waals surface area contributed by atoms with E-state index in [1.807, 2.05) is 32.3 Å². The quantitative estimate of drug-likeness (QED) is 0.835. The zero-order valence-electron chi connectivity index (χ0n) is 11.7. The van der Waals surface area contributed by atoms with Crippen LogP contribution in [-0.4, -0.2) is 29.3 Å². The van der Waals surface area contributed by atoms with E-state index < -0.39 is 0 Å². The van der Waals surface area contributed by atoms with Crippen molar-refractivity contribution < 1.29 is 9.84 Å². The van der Waals surface area contributed by atoms with Crippen molar-refractivity contribution >= 4 is 17.4 Å². The van der Waals surface area contributed by atoms with E-state index in [4.69, 9.17) is 17.0 Å². The molecule has 0 radical (unpaired) electrons. The number of ether oxygens (including phenoxy) is 1. The number of benzene rings is 1. The van der Waals surface area contributed by atoms with Gasteiger partial charge >= 0.3 is 0 Å². The lowest BCUT2D eigenvalue weighted by atomic mass is 9.85. The van der Waals surface area contributed by atoms with Gasteiger partial charge in [0.05, 0.1) is 6.61 Å². The summed E-state index contributed by atoms with van der Waals surface area (Å²) in [5.74, 6) is 0.672. The Bertz CT molecular complexity index is 436. The molecule has 0 aromatic heterocycles. The lowest BCUT2D eigenvalue weighted by Crippen LogP contribution is -2.27. The molecule has 0 heterocycles. The molecule has 0 aliphatic heterocycles. The molecular formula is C14H21NO2S. The van der Waals surface area contributed by atoms with Gasteiger partial charge in [-0.2, -0.15) is 0 Å². The van der Waals surface area contributed by atoms with E-state index in [0.717, 1.165) is 11.1 Å². The van der Waals surface area contributed by atoms with Crippen molar-refractivity contribution in [2.45, 2.75) is 32.8 Å². The van der Waals surface area contributed by atoms with Gasteiger partial charge in [0.2, 0.25) is 0 Å². The van der Waals surface area contributed by atoms with Gasteiger partial charge in [-0.1, -0.05) is 39.0 Å². The monoisotopic (exact) mass is 267 g/mol. The molecule has 1 N–H and O–H groups in total. The van der Waals surface area contributed by atoms with Gasteiger partial charge in [0.15, 0.2) is 0 Å². The van der Waals surface area contributed by atoms with E-state index >= 15 is 0 Å². The fourth-order valence-electron chi connectivity index (χ4n) is 1.60. The summed E-state index contributed by atoms with van der Waals surface area (Å²) >= 11 is 5.17. The van der Waals surface area contributed by atoms with Crippen LogP contribution in [0.1, 0.15) is 31.9 Å². The largest absolute Gasteiger partial charge is 0.431 e. The van der Waals surface area contributed by atoms with Gasteiger partial charge < -0.3 is 14.7 Å². The maximum atomic E-state index is 9.42. The van der Waals surface area contributed by atoms with Crippen LogP contribution in [0.15, 0.2) is 18.2 Å². The number of rotatable bonds is 2. The first-order chi connectivity index (χ1) is 8.27. The molecule has 0 amide bonds. The number of para-hydroxylation sites is 1. The van der Waals surface area contributed by atoms with E-state index in [9.17, 15) is 5.11 Å². The number of thiocarbonyl (C=S) groups is 1. The molecule has 0 unspecified atom stereocenters. The highest BCUT2D eigenvalue weighted by Gasteiger charge is 2.22. The standard InChI is InChI=1S/C14H21NO2S/c1-14(2,3)11-8-6-7-10(9-16)12(11)17-13(18)15(4)5/h6-8,16H,9H2,1-5H3.